The van der Waals surface area contributed by atoms with Crippen molar-refractivity contribution in [2.45, 2.75) is 62.6 Å². The first-order chi connectivity index (χ1) is 9.64. The molecule has 4 rings (SSSR count). The average Bonchev–Trinajstić information content (AvgIpc) is 3.30. The zero-order chi connectivity index (χ0) is 15.3. The molecule has 1 aromatic rings. The Hall–Kier alpha value is -0.940. The fraction of sp³-hybridized carbons (Fsp3) is 0.647. The van der Waals surface area contributed by atoms with Crippen molar-refractivity contribution in [3.05, 3.63) is 35.4 Å². The molecule has 0 bridgehead atoms. The molecule has 0 aliphatic carbocycles. The Balaban J connectivity index is 1.71. The third kappa shape index (κ3) is 1.39. The van der Waals surface area contributed by atoms with Gasteiger partial charge in [-0.15, -0.1) is 0 Å². The van der Waals surface area contributed by atoms with E-state index in [0.717, 1.165) is 0 Å². The Morgan fingerprint density at radius 2 is 1.43 bits per heavy atom. The van der Waals surface area contributed by atoms with Gasteiger partial charge in [0.1, 0.15) is 11.3 Å². The molecule has 0 amide bonds. The van der Waals surface area contributed by atoms with Gasteiger partial charge in [-0.2, -0.15) is 0 Å². The van der Waals surface area contributed by atoms with Gasteiger partial charge in [-0.1, -0.05) is 24.3 Å². The summed E-state index contributed by atoms with van der Waals surface area (Å²) in [5, 5.41) is 10.9. The minimum atomic E-state index is -0.249. The lowest BCUT2D eigenvalue weighted by Crippen LogP contribution is -2.41. The van der Waals surface area contributed by atoms with Crippen LogP contribution >= 0.6 is 0 Å². The molecule has 114 valence electrons. The quantitative estimate of drug-likeness (QED) is 0.738. The van der Waals surface area contributed by atoms with Crippen LogP contribution in [0.15, 0.2) is 24.3 Å². The Bertz CT molecular complexity index is 613. The summed E-state index contributed by atoms with van der Waals surface area (Å²) in [5.41, 5.74) is 2.50. The van der Waals surface area contributed by atoms with Crippen LogP contribution in [0.2, 0.25) is 0 Å². The van der Waals surface area contributed by atoms with E-state index < -0.39 is 0 Å². The highest BCUT2D eigenvalue weighted by molar-refractivity contribution is 5.58. The van der Waals surface area contributed by atoms with Gasteiger partial charge in [0.25, 0.3) is 0 Å². The monoisotopic (exact) mass is 287 g/mol. The van der Waals surface area contributed by atoms with Gasteiger partial charge >= 0.3 is 0 Å². The topological polar surface area (TPSA) is 75.0 Å². The van der Waals surface area contributed by atoms with Gasteiger partial charge in [0.15, 0.2) is 0 Å². The summed E-state index contributed by atoms with van der Waals surface area (Å²) >= 11 is 0. The van der Waals surface area contributed by atoms with Crippen molar-refractivity contribution in [3.63, 3.8) is 0 Å². The van der Waals surface area contributed by atoms with Crippen molar-refractivity contribution in [2.75, 3.05) is 7.11 Å². The predicted octanol–water partition coefficient (Wildman–Crippen LogP) is 1.76. The van der Waals surface area contributed by atoms with E-state index in [-0.39, 0.29) is 28.0 Å². The Morgan fingerprint density at radius 3 is 1.76 bits per heavy atom. The Labute approximate surface area is 126 Å². The highest BCUT2D eigenvalue weighted by Gasteiger charge is 2.95. The van der Waals surface area contributed by atoms with E-state index in [1.54, 1.807) is 7.11 Å². The minimum absolute atomic E-state index is 0.0233. The molecule has 3 fully saturated rings. The second-order valence-corrected chi connectivity index (χ2v) is 7.92. The van der Waals surface area contributed by atoms with Crippen molar-refractivity contribution < 1.29 is 4.74 Å². The highest BCUT2D eigenvalue weighted by atomic mass is 16.5. The maximum atomic E-state index is 5.57. The fourth-order valence-corrected chi connectivity index (χ4v) is 4.14. The molecule has 3 N–H and O–H groups in total. The normalized spacial score (nSPS) is 42.4. The predicted molar refractivity (Wildman–Crippen MR) is 82.8 cm³/mol. The number of nitrogens with one attached hydrogen (secondary N) is 3. The Morgan fingerprint density at radius 1 is 0.952 bits per heavy atom. The summed E-state index contributed by atoms with van der Waals surface area (Å²) < 4.78 is 5.57. The van der Waals surface area contributed by atoms with Gasteiger partial charge in [0.2, 0.25) is 0 Å². The zero-order valence-corrected chi connectivity index (χ0v) is 13.7. The van der Waals surface area contributed by atoms with Crippen LogP contribution in [0, 0.1) is 0 Å². The number of rotatable bonds is 4. The molecule has 0 spiro atoms. The summed E-state index contributed by atoms with van der Waals surface area (Å²) in [4.78, 5) is 0. The molecule has 3 saturated heterocycles. The van der Waals surface area contributed by atoms with Crippen LogP contribution in [0.3, 0.4) is 0 Å². The number of ether oxygens (including phenoxy) is 1. The van der Waals surface area contributed by atoms with E-state index in [0.29, 0.717) is 0 Å². The van der Waals surface area contributed by atoms with E-state index in [1.807, 2.05) is 0 Å². The summed E-state index contributed by atoms with van der Waals surface area (Å²) in [6, 6.07) is 8.87. The van der Waals surface area contributed by atoms with Gasteiger partial charge in [0, 0.05) is 12.6 Å². The van der Waals surface area contributed by atoms with E-state index >= 15 is 0 Å². The lowest BCUT2D eigenvalue weighted by atomic mass is 9.82. The third-order valence-electron chi connectivity index (χ3n) is 5.96. The van der Waals surface area contributed by atoms with Crippen LogP contribution in [0.1, 0.15) is 45.7 Å². The van der Waals surface area contributed by atoms with Crippen LogP contribution in [0.4, 0.5) is 0 Å². The van der Waals surface area contributed by atoms with Gasteiger partial charge < -0.3 is 4.74 Å². The number of fused-ring (bicyclic) bond motifs is 1. The van der Waals surface area contributed by atoms with Crippen molar-refractivity contribution in [3.8, 4) is 0 Å². The molecule has 1 atom stereocenters. The lowest BCUT2D eigenvalue weighted by molar-refractivity contribution is 0.0192. The first-order valence-corrected chi connectivity index (χ1v) is 7.68. The lowest BCUT2D eigenvalue weighted by Gasteiger charge is -2.25. The van der Waals surface area contributed by atoms with Crippen molar-refractivity contribution in [2.24, 2.45) is 0 Å². The molecule has 3 aliphatic heterocycles. The molecular weight excluding hydrogens is 262 g/mol. The standard InChI is InChI=1S/C17H25N3O/c1-13(2,21-6)11-7-9-12(10-8-11)16(14(3,4)18-16)17-15(5,19-17)20-17/h7-10,18-20H,1-6H3. The largest absolute Gasteiger partial charge is 0.374 e. The van der Waals surface area contributed by atoms with Crippen LogP contribution in [0.5, 0.6) is 0 Å². The summed E-state index contributed by atoms with van der Waals surface area (Å²) in [5.74, 6) is 0. The molecule has 0 radical (unpaired) electrons. The molecule has 1 unspecified atom stereocenters. The average molecular weight is 287 g/mol. The number of methoxy groups -OCH3 is 1. The molecule has 3 heterocycles. The van der Waals surface area contributed by atoms with Gasteiger partial charge in [-0.25, -0.2) is 0 Å². The molecule has 0 aromatic heterocycles. The summed E-state index contributed by atoms with van der Waals surface area (Å²) in [7, 11) is 1.76. The van der Waals surface area contributed by atoms with E-state index in [2.05, 4.69) is 74.8 Å². The molecule has 0 saturated carbocycles. The smallest absolute Gasteiger partial charge is 0.129 e. The number of hydrogen-bond donors (Lipinski definition) is 3. The number of benzene rings is 1. The van der Waals surface area contributed by atoms with E-state index in [1.165, 1.54) is 11.1 Å². The first kappa shape index (κ1) is 13.7. The molecular formula is C17H25N3O. The molecule has 1 aromatic carbocycles. The molecule has 4 nitrogen and oxygen atoms in total. The molecule has 21 heavy (non-hydrogen) atoms. The second kappa shape index (κ2) is 3.35. The maximum absolute atomic E-state index is 5.57. The second-order valence-electron chi connectivity index (χ2n) is 7.92. The van der Waals surface area contributed by atoms with Crippen LogP contribution in [0.25, 0.3) is 0 Å². The van der Waals surface area contributed by atoms with Crippen LogP contribution in [-0.4, -0.2) is 24.0 Å². The zero-order valence-electron chi connectivity index (χ0n) is 13.7. The summed E-state index contributed by atoms with van der Waals surface area (Å²) in [6.45, 7) is 11.0. The van der Waals surface area contributed by atoms with Gasteiger partial charge in [-0.3, -0.25) is 16.0 Å². The van der Waals surface area contributed by atoms with Gasteiger partial charge in [-0.05, 0) is 45.7 Å². The molecule has 3 aliphatic rings. The van der Waals surface area contributed by atoms with Crippen molar-refractivity contribution in [1.82, 2.24) is 16.0 Å². The van der Waals surface area contributed by atoms with Crippen molar-refractivity contribution >= 4 is 0 Å². The maximum Gasteiger partial charge on any atom is 0.129 e. The van der Waals surface area contributed by atoms with E-state index in [9.17, 15) is 0 Å². The SMILES string of the molecule is COC(C)(C)c1ccc(C2(C34NC3(C)N4)NC2(C)C)cc1. The highest BCUT2D eigenvalue weighted by Crippen LogP contribution is 2.69. The first-order valence-electron chi connectivity index (χ1n) is 7.68. The number of hydrogen-bond acceptors (Lipinski definition) is 4. The van der Waals surface area contributed by atoms with E-state index in [4.69, 9.17) is 4.74 Å². The Kier molecular flexibility index (Phi) is 2.19. The fourth-order valence-electron chi connectivity index (χ4n) is 4.14. The summed E-state index contributed by atoms with van der Waals surface area (Å²) in [6.07, 6.45) is 0. The third-order valence-corrected chi connectivity index (χ3v) is 5.96. The van der Waals surface area contributed by atoms with Crippen LogP contribution in [-0.2, 0) is 15.9 Å². The minimum Gasteiger partial charge on any atom is -0.374 e. The van der Waals surface area contributed by atoms with Gasteiger partial charge in [0.05, 0.1) is 11.1 Å². The molecule has 4 heteroatoms. The van der Waals surface area contributed by atoms with Crippen LogP contribution < -0.4 is 16.0 Å². The van der Waals surface area contributed by atoms with Crippen molar-refractivity contribution in [1.29, 1.82) is 0 Å².